The summed E-state index contributed by atoms with van der Waals surface area (Å²) < 4.78 is 18.3. The van der Waals surface area contributed by atoms with Gasteiger partial charge in [-0.3, -0.25) is 4.79 Å². The topological polar surface area (TPSA) is 58.6 Å². The number of nitrogens with one attached hydrogen (secondary N) is 1. The summed E-state index contributed by atoms with van der Waals surface area (Å²) in [6.07, 6.45) is 1.19. The SMILES string of the molecule is COc1cc(C(=O)NC(CCCO)c2ccccc2)ccc1F. The van der Waals surface area contributed by atoms with Gasteiger partial charge in [-0.2, -0.15) is 0 Å². The number of hydrogen-bond acceptors (Lipinski definition) is 3. The van der Waals surface area contributed by atoms with Crippen LogP contribution < -0.4 is 10.1 Å². The molecule has 0 saturated heterocycles. The molecule has 0 radical (unpaired) electrons. The van der Waals surface area contributed by atoms with E-state index in [-0.39, 0.29) is 24.3 Å². The Bertz CT molecular complexity index is 646. The van der Waals surface area contributed by atoms with Crippen LogP contribution >= 0.6 is 0 Å². The van der Waals surface area contributed by atoms with Crippen LogP contribution in [0.5, 0.6) is 5.75 Å². The van der Waals surface area contributed by atoms with E-state index in [1.165, 1.54) is 25.3 Å². The largest absolute Gasteiger partial charge is 0.494 e. The Hall–Kier alpha value is -2.40. The Labute approximate surface area is 134 Å². The number of rotatable bonds is 7. The smallest absolute Gasteiger partial charge is 0.251 e. The van der Waals surface area contributed by atoms with E-state index < -0.39 is 5.82 Å². The third-order valence-corrected chi connectivity index (χ3v) is 3.57. The first-order chi connectivity index (χ1) is 11.2. The number of amides is 1. The van der Waals surface area contributed by atoms with Crippen molar-refractivity contribution >= 4 is 5.91 Å². The summed E-state index contributed by atoms with van der Waals surface area (Å²) in [5.41, 5.74) is 1.29. The van der Waals surface area contributed by atoms with Crippen molar-refractivity contribution in [2.45, 2.75) is 18.9 Å². The van der Waals surface area contributed by atoms with Crippen molar-refractivity contribution in [2.75, 3.05) is 13.7 Å². The van der Waals surface area contributed by atoms with Gasteiger partial charge in [-0.25, -0.2) is 4.39 Å². The van der Waals surface area contributed by atoms with E-state index in [9.17, 15) is 9.18 Å². The summed E-state index contributed by atoms with van der Waals surface area (Å²) in [4.78, 5) is 12.4. The molecule has 0 aliphatic rings. The van der Waals surface area contributed by atoms with E-state index in [1.807, 2.05) is 30.3 Å². The van der Waals surface area contributed by atoms with Crippen molar-refractivity contribution < 1.29 is 19.0 Å². The predicted molar refractivity (Wildman–Crippen MR) is 85.9 cm³/mol. The summed E-state index contributed by atoms with van der Waals surface area (Å²) in [5.74, 6) is -0.789. The second kappa shape index (κ2) is 8.29. The van der Waals surface area contributed by atoms with Crippen LogP contribution in [0.15, 0.2) is 48.5 Å². The number of ether oxygens (including phenoxy) is 1. The fourth-order valence-corrected chi connectivity index (χ4v) is 2.35. The molecule has 2 aromatic rings. The lowest BCUT2D eigenvalue weighted by Crippen LogP contribution is -2.28. The molecule has 0 aromatic heterocycles. The van der Waals surface area contributed by atoms with Gasteiger partial charge in [-0.1, -0.05) is 30.3 Å². The lowest BCUT2D eigenvalue weighted by molar-refractivity contribution is 0.0932. The lowest BCUT2D eigenvalue weighted by Gasteiger charge is -2.19. The van der Waals surface area contributed by atoms with Crippen LogP contribution in [0.3, 0.4) is 0 Å². The highest BCUT2D eigenvalue weighted by atomic mass is 19.1. The van der Waals surface area contributed by atoms with Crippen molar-refractivity contribution in [2.24, 2.45) is 0 Å². The van der Waals surface area contributed by atoms with Crippen molar-refractivity contribution in [1.29, 1.82) is 0 Å². The van der Waals surface area contributed by atoms with Gasteiger partial charge in [0, 0.05) is 12.2 Å². The van der Waals surface area contributed by atoms with Crippen LogP contribution in [0.4, 0.5) is 4.39 Å². The Morgan fingerprint density at radius 3 is 2.65 bits per heavy atom. The Balaban J connectivity index is 2.17. The maximum atomic E-state index is 13.4. The van der Waals surface area contributed by atoms with E-state index in [1.54, 1.807) is 0 Å². The first-order valence-corrected chi connectivity index (χ1v) is 7.46. The summed E-state index contributed by atoms with van der Waals surface area (Å²) in [5, 5.41) is 12.0. The number of carbonyl (C=O) groups is 1. The molecule has 0 fully saturated rings. The van der Waals surface area contributed by atoms with Crippen molar-refractivity contribution in [1.82, 2.24) is 5.32 Å². The molecule has 0 aliphatic carbocycles. The zero-order valence-electron chi connectivity index (χ0n) is 13.0. The van der Waals surface area contributed by atoms with Gasteiger partial charge in [-0.05, 0) is 36.6 Å². The van der Waals surface area contributed by atoms with E-state index in [0.29, 0.717) is 18.4 Å². The molecule has 4 nitrogen and oxygen atoms in total. The molecular formula is C18H20FNO3. The first kappa shape index (κ1) is 17.0. The molecule has 1 atom stereocenters. The minimum absolute atomic E-state index is 0.0317. The average Bonchev–Trinajstić information content (AvgIpc) is 2.59. The number of aliphatic hydroxyl groups is 1. The monoisotopic (exact) mass is 317 g/mol. The van der Waals surface area contributed by atoms with Gasteiger partial charge in [-0.15, -0.1) is 0 Å². The fourth-order valence-electron chi connectivity index (χ4n) is 2.35. The number of methoxy groups -OCH3 is 1. The Morgan fingerprint density at radius 1 is 1.26 bits per heavy atom. The number of hydrogen-bond donors (Lipinski definition) is 2. The highest BCUT2D eigenvalue weighted by Gasteiger charge is 2.16. The van der Waals surface area contributed by atoms with Crippen LogP contribution in [0.25, 0.3) is 0 Å². The van der Waals surface area contributed by atoms with Gasteiger partial charge in [0.2, 0.25) is 0 Å². The number of aliphatic hydroxyl groups excluding tert-OH is 1. The van der Waals surface area contributed by atoms with Crippen LogP contribution in [0, 0.1) is 5.82 Å². The lowest BCUT2D eigenvalue weighted by atomic mass is 10.0. The number of carbonyl (C=O) groups excluding carboxylic acids is 1. The summed E-state index contributed by atoms with van der Waals surface area (Å²) in [6, 6.07) is 13.3. The highest BCUT2D eigenvalue weighted by molar-refractivity contribution is 5.94. The molecule has 0 spiro atoms. The van der Waals surface area contributed by atoms with Crippen molar-refractivity contribution in [3.63, 3.8) is 0 Å². The Kier molecular flexibility index (Phi) is 6.11. The molecule has 0 aliphatic heterocycles. The predicted octanol–water partition coefficient (Wildman–Crippen LogP) is 3.08. The summed E-state index contributed by atoms with van der Waals surface area (Å²) in [6.45, 7) is 0.0591. The van der Waals surface area contributed by atoms with Gasteiger partial charge < -0.3 is 15.2 Å². The Morgan fingerprint density at radius 2 is 2.00 bits per heavy atom. The molecule has 0 heterocycles. The van der Waals surface area contributed by atoms with E-state index in [2.05, 4.69) is 5.32 Å². The molecule has 5 heteroatoms. The van der Waals surface area contributed by atoms with E-state index in [0.717, 1.165) is 5.56 Å². The summed E-state index contributed by atoms with van der Waals surface area (Å²) >= 11 is 0. The van der Waals surface area contributed by atoms with Gasteiger partial charge in [0.25, 0.3) is 5.91 Å². The van der Waals surface area contributed by atoms with E-state index >= 15 is 0 Å². The molecule has 2 N–H and O–H groups in total. The fraction of sp³-hybridized carbons (Fsp3) is 0.278. The second-order valence-electron chi connectivity index (χ2n) is 5.15. The van der Waals surface area contributed by atoms with Crippen molar-refractivity contribution in [3.8, 4) is 5.75 Å². The molecule has 1 unspecified atom stereocenters. The zero-order valence-corrected chi connectivity index (χ0v) is 13.0. The minimum atomic E-state index is -0.510. The van der Waals surface area contributed by atoms with Crippen LogP contribution in [-0.2, 0) is 0 Å². The van der Waals surface area contributed by atoms with Crippen LogP contribution in [-0.4, -0.2) is 24.7 Å². The van der Waals surface area contributed by atoms with Gasteiger partial charge in [0.1, 0.15) is 0 Å². The molecule has 0 bridgehead atoms. The molecule has 2 rings (SSSR count). The zero-order chi connectivity index (χ0) is 16.7. The highest BCUT2D eigenvalue weighted by Crippen LogP contribution is 2.21. The van der Waals surface area contributed by atoms with Gasteiger partial charge in [0.15, 0.2) is 11.6 Å². The number of halogens is 1. The molecular weight excluding hydrogens is 297 g/mol. The third-order valence-electron chi connectivity index (χ3n) is 3.57. The maximum absolute atomic E-state index is 13.4. The third kappa shape index (κ3) is 4.53. The number of benzene rings is 2. The maximum Gasteiger partial charge on any atom is 0.251 e. The average molecular weight is 317 g/mol. The van der Waals surface area contributed by atoms with Crippen LogP contribution in [0.2, 0.25) is 0 Å². The second-order valence-corrected chi connectivity index (χ2v) is 5.15. The molecule has 23 heavy (non-hydrogen) atoms. The quantitative estimate of drug-likeness (QED) is 0.825. The first-order valence-electron chi connectivity index (χ1n) is 7.46. The van der Waals surface area contributed by atoms with Crippen molar-refractivity contribution in [3.05, 3.63) is 65.5 Å². The minimum Gasteiger partial charge on any atom is -0.494 e. The molecule has 0 saturated carbocycles. The molecule has 122 valence electrons. The molecule has 2 aromatic carbocycles. The molecule has 1 amide bonds. The van der Waals surface area contributed by atoms with E-state index in [4.69, 9.17) is 9.84 Å². The van der Waals surface area contributed by atoms with Crippen LogP contribution in [0.1, 0.15) is 34.8 Å². The normalized spacial score (nSPS) is 11.8. The van der Waals surface area contributed by atoms with Gasteiger partial charge >= 0.3 is 0 Å². The summed E-state index contributed by atoms with van der Waals surface area (Å²) in [7, 11) is 1.36. The standard InChI is InChI=1S/C18H20FNO3/c1-23-17-12-14(9-10-15(17)19)18(22)20-16(8-5-11-21)13-6-3-2-4-7-13/h2-4,6-7,9-10,12,16,21H,5,8,11H2,1H3,(H,20,22). The van der Waals surface area contributed by atoms with Gasteiger partial charge in [0.05, 0.1) is 13.2 Å².